The molecule has 27 heavy (non-hydrogen) atoms. The van der Waals surface area contributed by atoms with Gasteiger partial charge in [-0.1, -0.05) is 54.6 Å². The van der Waals surface area contributed by atoms with Gasteiger partial charge in [-0.2, -0.15) is 5.26 Å². The van der Waals surface area contributed by atoms with Gasteiger partial charge in [0.15, 0.2) is 0 Å². The first-order valence-corrected chi connectivity index (χ1v) is 8.55. The first-order valence-electron chi connectivity index (χ1n) is 8.55. The lowest BCUT2D eigenvalue weighted by Crippen LogP contribution is -2.00. The molecule has 0 bridgehead atoms. The van der Waals surface area contributed by atoms with Crippen molar-refractivity contribution in [3.8, 4) is 28.7 Å². The van der Waals surface area contributed by atoms with Crippen LogP contribution in [-0.2, 0) is 6.61 Å². The first kappa shape index (κ1) is 16.6. The number of aromatic nitrogens is 1. The molecule has 0 unspecified atom stereocenters. The molecule has 0 aliphatic rings. The normalized spacial score (nSPS) is 10.5. The van der Waals surface area contributed by atoms with Crippen molar-refractivity contribution >= 4 is 10.9 Å². The summed E-state index contributed by atoms with van der Waals surface area (Å²) in [6.45, 7) is 0.212. The van der Waals surface area contributed by atoms with E-state index in [1.54, 1.807) is 12.1 Å². The zero-order chi connectivity index (χ0) is 18.6. The molecule has 1 N–H and O–H groups in total. The summed E-state index contributed by atoms with van der Waals surface area (Å²) in [5, 5.41) is 21.1. The van der Waals surface area contributed by atoms with E-state index in [2.05, 4.69) is 4.98 Å². The number of ether oxygens (including phenoxy) is 1. The smallest absolute Gasteiger partial charge is 0.144 e. The van der Waals surface area contributed by atoms with Crippen LogP contribution in [0.5, 0.6) is 11.5 Å². The molecule has 0 atom stereocenters. The average Bonchev–Trinajstić information content (AvgIpc) is 2.72. The van der Waals surface area contributed by atoms with Crippen molar-refractivity contribution in [1.82, 2.24) is 4.98 Å². The van der Waals surface area contributed by atoms with Crippen molar-refractivity contribution in [3.05, 3.63) is 90.1 Å². The van der Waals surface area contributed by atoms with Crippen LogP contribution in [-0.4, -0.2) is 10.1 Å². The van der Waals surface area contributed by atoms with Gasteiger partial charge in [0.2, 0.25) is 0 Å². The van der Waals surface area contributed by atoms with Gasteiger partial charge in [-0.15, -0.1) is 0 Å². The topological polar surface area (TPSA) is 66.1 Å². The van der Waals surface area contributed by atoms with Gasteiger partial charge in [-0.3, -0.25) is 0 Å². The molecular weight excluding hydrogens is 336 g/mol. The third-order valence-corrected chi connectivity index (χ3v) is 4.37. The van der Waals surface area contributed by atoms with Crippen LogP contribution in [0.3, 0.4) is 0 Å². The Morgan fingerprint density at radius 1 is 0.889 bits per heavy atom. The van der Waals surface area contributed by atoms with E-state index >= 15 is 0 Å². The molecule has 0 aliphatic heterocycles. The fourth-order valence-corrected chi connectivity index (χ4v) is 2.99. The number of phenols is 1. The summed E-state index contributed by atoms with van der Waals surface area (Å²) in [7, 11) is 0. The minimum atomic E-state index is -0.0762. The van der Waals surface area contributed by atoms with Gasteiger partial charge >= 0.3 is 0 Å². The largest absolute Gasteiger partial charge is 0.506 e. The molecule has 1 aromatic heterocycles. The van der Waals surface area contributed by atoms with E-state index in [1.165, 1.54) is 0 Å². The minimum Gasteiger partial charge on any atom is -0.506 e. The quantitative estimate of drug-likeness (QED) is 0.557. The number of benzene rings is 3. The van der Waals surface area contributed by atoms with Crippen molar-refractivity contribution in [3.63, 3.8) is 0 Å². The monoisotopic (exact) mass is 352 g/mol. The zero-order valence-corrected chi connectivity index (χ0v) is 14.5. The molecule has 1 heterocycles. The molecular formula is C23H16N2O2. The number of pyridine rings is 1. The predicted octanol–water partition coefficient (Wildman–Crippen LogP) is 5.06. The fraction of sp³-hybridized carbons (Fsp3) is 0.0435. The van der Waals surface area contributed by atoms with E-state index in [-0.39, 0.29) is 17.9 Å². The Balaban J connectivity index is 1.62. The van der Waals surface area contributed by atoms with Crippen LogP contribution in [0.1, 0.15) is 11.3 Å². The molecule has 3 aromatic carbocycles. The highest BCUT2D eigenvalue weighted by Crippen LogP contribution is 2.37. The van der Waals surface area contributed by atoms with Crippen molar-refractivity contribution in [2.24, 2.45) is 0 Å². The van der Waals surface area contributed by atoms with Crippen LogP contribution in [0, 0.1) is 11.3 Å². The molecule has 0 radical (unpaired) electrons. The van der Waals surface area contributed by atoms with E-state index in [1.807, 2.05) is 72.8 Å². The Bertz CT molecular complexity index is 1150. The SMILES string of the molecule is N#Cc1c(OCc2ccc3ccccc3n2)ccc(-c2ccccc2)c1O. The van der Waals surface area contributed by atoms with Crippen molar-refractivity contribution in [2.45, 2.75) is 6.61 Å². The van der Waals surface area contributed by atoms with Gasteiger partial charge < -0.3 is 9.84 Å². The number of hydrogen-bond acceptors (Lipinski definition) is 4. The average molecular weight is 352 g/mol. The molecule has 4 rings (SSSR count). The zero-order valence-electron chi connectivity index (χ0n) is 14.5. The lowest BCUT2D eigenvalue weighted by Gasteiger charge is -2.12. The van der Waals surface area contributed by atoms with Crippen LogP contribution in [0.25, 0.3) is 22.0 Å². The molecule has 4 nitrogen and oxygen atoms in total. The van der Waals surface area contributed by atoms with Gasteiger partial charge in [0.1, 0.15) is 29.7 Å². The van der Waals surface area contributed by atoms with E-state index in [0.29, 0.717) is 11.3 Å². The number of nitriles is 1. The van der Waals surface area contributed by atoms with Crippen LogP contribution >= 0.6 is 0 Å². The van der Waals surface area contributed by atoms with Gasteiger partial charge in [-0.25, -0.2) is 4.98 Å². The van der Waals surface area contributed by atoms with Gasteiger partial charge in [0, 0.05) is 10.9 Å². The number of aromatic hydroxyl groups is 1. The Hall–Kier alpha value is -3.84. The summed E-state index contributed by atoms with van der Waals surface area (Å²) in [6, 6.07) is 26.7. The summed E-state index contributed by atoms with van der Waals surface area (Å²) in [6.07, 6.45) is 0. The highest BCUT2D eigenvalue weighted by atomic mass is 16.5. The van der Waals surface area contributed by atoms with E-state index in [9.17, 15) is 10.4 Å². The van der Waals surface area contributed by atoms with E-state index in [4.69, 9.17) is 4.74 Å². The highest BCUT2D eigenvalue weighted by molar-refractivity contribution is 5.78. The molecule has 0 spiro atoms. The van der Waals surface area contributed by atoms with E-state index < -0.39 is 0 Å². The second-order valence-electron chi connectivity index (χ2n) is 6.10. The van der Waals surface area contributed by atoms with Gasteiger partial charge in [0.05, 0.1) is 11.2 Å². The Kier molecular flexibility index (Phi) is 4.42. The molecule has 0 saturated heterocycles. The van der Waals surface area contributed by atoms with Crippen molar-refractivity contribution in [1.29, 1.82) is 5.26 Å². The molecule has 4 aromatic rings. The molecule has 0 fully saturated rings. The lowest BCUT2D eigenvalue weighted by atomic mass is 10.0. The molecule has 0 saturated carbocycles. The van der Waals surface area contributed by atoms with Crippen molar-refractivity contribution < 1.29 is 9.84 Å². The number of phenolic OH excluding ortho intramolecular Hbond substituents is 1. The van der Waals surface area contributed by atoms with Crippen LogP contribution < -0.4 is 4.74 Å². The molecule has 0 aliphatic carbocycles. The first-order chi connectivity index (χ1) is 13.3. The third-order valence-electron chi connectivity index (χ3n) is 4.37. The summed E-state index contributed by atoms with van der Waals surface area (Å²) in [5.41, 5.74) is 3.21. The van der Waals surface area contributed by atoms with Gasteiger partial charge in [-0.05, 0) is 29.8 Å². The highest BCUT2D eigenvalue weighted by Gasteiger charge is 2.15. The fourth-order valence-electron chi connectivity index (χ4n) is 2.99. The summed E-state index contributed by atoms with van der Waals surface area (Å²) >= 11 is 0. The maximum atomic E-state index is 10.5. The van der Waals surface area contributed by atoms with Crippen LogP contribution in [0.15, 0.2) is 78.9 Å². The number of hydrogen-bond donors (Lipinski definition) is 1. The molecule has 4 heteroatoms. The Labute approximate surface area is 156 Å². The van der Waals surface area contributed by atoms with Crippen LogP contribution in [0.4, 0.5) is 0 Å². The maximum Gasteiger partial charge on any atom is 0.144 e. The minimum absolute atomic E-state index is 0.0762. The number of fused-ring (bicyclic) bond motifs is 1. The lowest BCUT2D eigenvalue weighted by molar-refractivity contribution is 0.299. The molecule has 0 amide bonds. The summed E-state index contributed by atoms with van der Waals surface area (Å²) in [4.78, 5) is 4.56. The van der Waals surface area contributed by atoms with Crippen molar-refractivity contribution in [2.75, 3.05) is 0 Å². The predicted molar refractivity (Wildman–Crippen MR) is 104 cm³/mol. The van der Waals surface area contributed by atoms with Gasteiger partial charge in [0.25, 0.3) is 0 Å². The Morgan fingerprint density at radius 3 is 2.48 bits per heavy atom. The number of para-hydroxylation sites is 1. The second kappa shape index (κ2) is 7.19. The third kappa shape index (κ3) is 3.31. The second-order valence-corrected chi connectivity index (χ2v) is 6.10. The van der Waals surface area contributed by atoms with E-state index in [0.717, 1.165) is 22.2 Å². The standard InChI is InChI=1S/C23H16N2O2/c24-14-20-22(13-12-19(23(20)26)16-6-2-1-3-7-16)27-15-18-11-10-17-8-4-5-9-21(17)25-18/h1-13,26H,15H2. The van der Waals surface area contributed by atoms with Crippen LogP contribution in [0.2, 0.25) is 0 Å². The number of rotatable bonds is 4. The maximum absolute atomic E-state index is 10.5. The summed E-state index contributed by atoms with van der Waals surface area (Å²) in [5.74, 6) is 0.261. The Morgan fingerprint density at radius 2 is 1.67 bits per heavy atom. The summed E-state index contributed by atoms with van der Waals surface area (Å²) < 4.78 is 5.79. The molecule has 130 valence electrons. The number of nitrogens with zero attached hydrogens (tertiary/aromatic N) is 2.